The van der Waals surface area contributed by atoms with Crippen LogP contribution in [0.25, 0.3) is 0 Å². The molecule has 0 aliphatic carbocycles. The van der Waals surface area contributed by atoms with E-state index in [1.807, 2.05) is 17.9 Å². The summed E-state index contributed by atoms with van der Waals surface area (Å²) in [6, 6.07) is 2.49. The largest absolute Gasteiger partial charge is 0.383 e. The first-order valence-electron chi connectivity index (χ1n) is 5.84. The fourth-order valence-corrected chi connectivity index (χ4v) is 1.70. The van der Waals surface area contributed by atoms with Crippen LogP contribution in [0.2, 0.25) is 0 Å². The topological polar surface area (TPSA) is 39.1 Å². The lowest BCUT2D eigenvalue weighted by atomic mass is 10.1. The molecule has 1 rings (SSSR count). The first-order valence-corrected chi connectivity index (χ1v) is 5.84. The van der Waals surface area contributed by atoms with Gasteiger partial charge < -0.3 is 10.1 Å². The molecular weight excluding hydrogens is 202 g/mol. The van der Waals surface area contributed by atoms with Crippen LogP contribution in [-0.2, 0) is 18.2 Å². The van der Waals surface area contributed by atoms with Crippen LogP contribution >= 0.6 is 0 Å². The Morgan fingerprint density at radius 3 is 2.75 bits per heavy atom. The molecule has 16 heavy (non-hydrogen) atoms. The molecule has 1 aromatic rings. The quantitative estimate of drug-likeness (QED) is 0.758. The Bertz CT molecular complexity index is 296. The molecule has 1 aromatic heterocycles. The van der Waals surface area contributed by atoms with Gasteiger partial charge in [-0.05, 0) is 12.0 Å². The molecule has 0 aliphatic rings. The van der Waals surface area contributed by atoms with Gasteiger partial charge >= 0.3 is 0 Å². The molecule has 4 heteroatoms. The van der Waals surface area contributed by atoms with Crippen LogP contribution in [0.4, 0.5) is 0 Å². The summed E-state index contributed by atoms with van der Waals surface area (Å²) >= 11 is 0. The lowest BCUT2D eigenvalue weighted by molar-refractivity contribution is 0.147. The molecule has 1 N–H and O–H groups in total. The average molecular weight is 225 g/mol. The van der Waals surface area contributed by atoms with Crippen molar-refractivity contribution in [2.45, 2.75) is 26.3 Å². The number of ether oxygens (including phenoxy) is 1. The van der Waals surface area contributed by atoms with E-state index >= 15 is 0 Å². The highest BCUT2D eigenvalue weighted by molar-refractivity contribution is 5.00. The summed E-state index contributed by atoms with van der Waals surface area (Å²) in [7, 11) is 3.72. The number of hydrogen-bond donors (Lipinski definition) is 1. The van der Waals surface area contributed by atoms with E-state index in [0.29, 0.717) is 12.0 Å². The van der Waals surface area contributed by atoms with Crippen molar-refractivity contribution >= 4 is 0 Å². The second-order valence-electron chi connectivity index (χ2n) is 4.46. The second kappa shape index (κ2) is 6.66. The Hall–Kier alpha value is -0.870. The van der Waals surface area contributed by atoms with Crippen LogP contribution in [0.15, 0.2) is 12.3 Å². The highest BCUT2D eigenvalue weighted by atomic mass is 16.5. The van der Waals surface area contributed by atoms with Crippen molar-refractivity contribution in [3.63, 3.8) is 0 Å². The van der Waals surface area contributed by atoms with E-state index in [2.05, 4.69) is 30.3 Å². The Labute approximate surface area is 98.0 Å². The summed E-state index contributed by atoms with van der Waals surface area (Å²) in [5.74, 6) is 0.589. The standard InChI is InChI=1S/C12H23N3O/c1-10(2)12(9-16-4)13-7-5-11-6-8-14-15(11)3/h6,8,10,12-13H,5,7,9H2,1-4H3. The minimum Gasteiger partial charge on any atom is -0.383 e. The maximum Gasteiger partial charge on any atom is 0.0618 e. The van der Waals surface area contributed by atoms with E-state index < -0.39 is 0 Å². The van der Waals surface area contributed by atoms with Crippen LogP contribution in [0.1, 0.15) is 19.5 Å². The molecule has 92 valence electrons. The molecule has 0 amide bonds. The van der Waals surface area contributed by atoms with Gasteiger partial charge in [-0.15, -0.1) is 0 Å². The highest BCUT2D eigenvalue weighted by Gasteiger charge is 2.11. The third kappa shape index (κ3) is 3.94. The normalized spacial score (nSPS) is 13.3. The lowest BCUT2D eigenvalue weighted by Gasteiger charge is -2.21. The summed E-state index contributed by atoms with van der Waals surface area (Å²) < 4.78 is 7.12. The summed E-state index contributed by atoms with van der Waals surface area (Å²) in [5.41, 5.74) is 1.26. The van der Waals surface area contributed by atoms with Crippen molar-refractivity contribution < 1.29 is 4.74 Å². The van der Waals surface area contributed by atoms with Gasteiger partial charge in [-0.3, -0.25) is 4.68 Å². The third-order valence-corrected chi connectivity index (χ3v) is 2.86. The van der Waals surface area contributed by atoms with Crippen molar-refractivity contribution in [1.82, 2.24) is 15.1 Å². The molecule has 0 saturated carbocycles. The minimum absolute atomic E-state index is 0.429. The van der Waals surface area contributed by atoms with Gasteiger partial charge in [0.25, 0.3) is 0 Å². The zero-order chi connectivity index (χ0) is 12.0. The molecule has 0 radical (unpaired) electrons. The first-order chi connectivity index (χ1) is 7.65. The van der Waals surface area contributed by atoms with Crippen LogP contribution in [-0.4, -0.2) is 36.1 Å². The van der Waals surface area contributed by atoms with Gasteiger partial charge in [-0.25, -0.2) is 0 Å². The van der Waals surface area contributed by atoms with Crippen molar-refractivity contribution in [3.05, 3.63) is 18.0 Å². The van der Waals surface area contributed by atoms with E-state index in [-0.39, 0.29) is 0 Å². The Balaban J connectivity index is 2.30. The molecule has 0 bridgehead atoms. The Kier molecular flexibility index (Phi) is 5.49. The van der Waals surface area contributed by atoms with Crippen LogP contribution in [0, 0.1) is 5.92 Å². The number of nitrogens with one attached hydrogen (secondary N) is 1. The SMILES string of the molecule is COCC(NCCc1ccnn1C)C(C)C. The molecule has 0 saturated heterocycles. The average Bonchev–Trinajstić information content (AvgIpc) is 2.63. The molecule has 0 aromatic carbocycles. The summed E-state index contributed by atoms with van der Waals surface area (Å²) in [6.07, 6.45) is 2.84. The molecule has 1 heterocycles. The fourth-order valence-electron chi connectivity index (χ4n) is 1.70. The van der Waals surface area contributed by atoms with Crippen LogP contribution in [0.3, 0.4) is 0 Å². The summed E-state index contributed by atoms with van der Waals surface area (Å²) in [5, 5.41) is 7.67. The van der Waals surface area contributed by atoms with Gasteiger partial charge in [0.2, 0.25) is 0 Å². The van der Waals surface area contributed by atoms with E-state index in [0.717, 1.165) is 19.6 Å². The zero-order valence-electron chi connectivity index (χ0n) is 10.7. The smallest absolute Gasteiger partial charge is 0.0618 e. The minimum atomic E-state index is 0.429. The van der Waals surface area contributed by atoms with E-state index in [4.69, 9.17) is 4.74 Å². The van der Waals surface area contributed by atoms with Gasteiger partial charge in [-0.1, -0.05) is 13.8 Å². The molecule has 1 unspecified atom stereocenters. The maximum atomic E-state index is 5.20. The first kappa shape index (κ1) is 13.2. The highest BCUT2D eigenvalue weighted by Crippen LogP contribution is 2.02. The van der Waals surface area contributed by atoms with Gasteiger partial charge in [0.15, 0.2) is 0 Å². The predicted molar refractivity (Wildman–Crippen MR) is 65.4 cm³/mol. The van der Waals surface area contributed by atoms with Gasteiger partial charge in [-0.2, -0.15) is 5.10 Å². The van der Waals surface area contributed by atoms with Crippen molar-refractivity contribution in [3.8, 4) is 0 Å². The van der Waals surface area contributed by atoms with Crippen molar-refractivity contribution in [2.24, 2.45) is 13.0 Å². The number of methoxy groups -OCH3 is 1. The molecule has 0 spiro atoms. The van der Waals surface area contributed by atoms with Gasteiger partial charge in [0.05, 0.1) is 6.61 Å². The monoisotopic (exact) mass is 225 g/mol. The van der Waals surface area contributed by atoms with Crippen molar-refractivity contribution in [1.29, 1.82) is 0 Å². The lowest BCUT2D eigenvalue weighted by Crippen LogP contribution is -2.38. The molecule has 4 nitrogen and oxygen atoms in total. The number of aromatic nitrogens is 2. The number of nitrogens with zero attached hydrogens (tertiary/aromatic N) is 2. The van der Waals surface area contributed by atoms with Crippen molar-refractivity contribution in [2.75, 3.05) is 20.3 Å². The molecular formula is C12H23N3O. The Morgan fingerprint density at radius 2 is 2.25 bits per heavy atom. The van der Waals surface area contributed by atoms with Crippen LogP contribution < -0.4 is 5.32 Å². The second-order valence-corrected chi connectivity index (χ2v) is 4.46. The van der Waals surface area contributed by atoms with Crippen LogP contribution in [0.5, 0.6) is 0 Å². The van der Waals surface area contributed by atoms with E-state index in [1.54, 1.807) is 7.11 Å². The summed E-state index contributed by atoms with van der Waals surface area (Å²) in [4.78, 5) is 0. The summed E-state index contributed by atoms with van der Waals surface area (Å²) in [6.45, 7) is 6.15. The van der Waals surface area contributed by atoms with Gasteiger partial charge in [0, 0.05) is 45.1 Å². The maximum absolute atomic E-state index is 5.20. The zero-order valence-corrected chi connectivity index (χ0v) is 10.7. The molecule has 0 fully saturated rings. The Morgan fingerprint density at radius 1 is 1.50 bits per heavy atom. The molecule has 0 aliphatic heterocycles. The molecule has 1 atom stereocenters. The van der Waals surface area contributed by atoms with E-state index in [9.17, 15) is 0 Å². The predicted octanol–water partition coefficient (Wildman–Crippen LogP) is 1.22. The van der Waals surface area contributed by atoms with Gasteiger partial charge in [0.1, 0.15) is 0 Å². The van der Waals surface area contributed by atoms with E-state index in [1.165, 1.54) is 5.69 Å². The number of hydrogen-bond acceptors (Lipinski definition) is 3. The number of rotatable bonds is 7. The fraction of sp³-hybridized carbons (Fsp3) is 0.750. The third-order valence-electron chi connectivity index (χ3n) is 2.86. The number of aryl methyl sites for hydroxylation is 1.